The summed E-state index contributed by atoms with van der Waals surface area (Å²) in [6, 6.07) is 10.6. The van der Waals surface area contributed by atoms with Gasteiger partial charge in [0, 0.05) is 5.56 Å². The van der Waals surface area contributed by atoms with E-state index in [1.165, 1.54) is 0 Å². The summed E-state index contributed by atoms with van der Waals surface area (Å²) in [7, 11) is 0. The number of benzene rings is 1. The molecule has 0 spiro atoms. The van der Waals surface area contributed by atoms with Crippen molar-refractivity contribution in [3.05, 3.63) is 35.9 Å². The summed E-state index contributed by atoms with van der Waals surface area (Å²) in [6.07, 6.45) is 2.89. The molecule has 34 heavy (non-hydrogen) atoms. The highest BCUT2D eigenvalue weighted by Crippen LogP contribution is 2.30. The number of carbonyl (C=O) groups is 2. The van der Waals surface area contributed by atoms with Gasteiger partial charge in [0.25, 0.3) is 0 Å². The molecule has 0 heterocycles. The van der Waals surface area contributed by atoms with E-state index in [4.69, 9.17) is 9.47 Å². The zero-order chi connectivity index (χ0) is 25.2. The minimum absolute atomic E-state index is 0.0429. The number of amidine groups is 1. The Morgan fingerprint density at radius 3 is 2.35 bits per heavy atom. The number of carbonyl (C=O) groups excluding carboxylic acids is 2. The van der Waals surface area contributed by atoms with E-state index >= 15 is 0 Å². The second kappa shape index (κ2) is 12.5. The van der Waals surface area contributed by atoms with Gasteiger partial charge in [-0.15, -0.1) is 0 Å². The van der Waals surface area contributed by atoms with Crippen LogP contribution in [-0.2, 0) is 14.3 Å². The van der Waals surface area contributed by atoms with Crippen molar-refractivity contribution in [2.45, 2.75) is 84.4 Å². The number of nitriles is 1. The Morgan fingerprint density at radius 2 is 1.79 bits per heavy atom. The van der Waals surface area contributed by atoms with Crippen LogP contribution in [0.2, 0.25) is 0 Å². The number of aliphatic imine (C=N–C) groups is 1. The molecule has 1 aliphatic rings. The van der Waals surface area contributed by atoms with E-state index in [1.54, 1.807) is 12.1 Å². The molecule has 1 saturated carbocycles. The molecule has 0 radical (unpaired) electrons. The maximum Gasteiger partial charge on any atom is 0.412 e. The Hall–Kier alpha value is -2.92. The molecule has 1 fully saturated rings. The number of nitrogens with zero attached hydrogens (tertiary/aromatic N) is 2. The minimum atomic E-state index is -0.849. The van der Waals surface area contributed by atoms with E-state index in [-0.39, 0.29) is 36.5 Å². The molecule has 0 aromatic heterocycles. The van der Waals surface area contributed by atoms with Crippen LogP contribution in [0.4, 0.5) is 4.79 Å². The molecule has 1 aromatic rings. The lowest BCUT2D eigenvalue weighted by Gasteiger charge is -2.28. The first kappa shape index (κ1) is 27.3. The number of hydrogen-bond donors (Lipinski definition) is 2. The highest BCUT2D eigenvalue weighted by atomic mass is 16.6. The van der Waals surface area contributed by atoms with Gasteiger partial charge in [-0.05, 0) is 51.4 Å². The summed E-state index contributed by atoms with van der Waals surface area (Å²) < 4.78 is 10.6. The van der Waals surface area contributed by atoms with Gasteiger partial charge < -0.3 is 14.8 Å². The summed E-state index contributed by atoms with van der Waals surface area (Å²) >= 11 is 0. The van der Waals surface area contributed by atoms with Crippen molar-refractivity contribution in [2.24, 2.45) is 10.4 Å². The second-order valence-corrected chi connectivity index (χ2v) is 10.2. The minimum Gasteiger partial charge on any atom is -0.447 e. The monoisotopic (exact) mass is 470 g/mol. The van der Waals surface area contributed by atoms with Crippen molar-refractivity contribution >= 4 is 17.8 Å². The van der Waals surface area contributed by atoms with Crippen molar-refractivity contribution < 1.29 is 19.1 Å². The van der Waals surface area contributed by atoms with Gasteiger partial charge in [-0.2, -0.15) is 5.26 Å². The summed E-state index contributed by atoms with van der Waals surface area (Å²) in [6.45, 7) is 10.3. The Balaban J connectivity index is 2.27. The van der Waals surface area contributed by atoms with Crippen molar-refractivity contribution in [1.82, 2.24) is 10.6 Å². The number of nitrogens with one attached hydrogen (secondary N) is 2. The Bertz CT molecular complexity index is 878. The fourth-order valence-electron chi connectivity index (χ4n) is 3.82. The van der Waals surface area contributed by atoms with Crippen LogP contribution in [0.3, 0.4) is 0 Å². The zero-order valence-electron chi connectivity index (χ0n) is 21.0. The van der Waals surface area contributed by atoms with Crippen LogP contribution in [0.25, 0.3) is 0 Å². The van der Waals surface area contributed by atoms with Gasteiger partial charge >= 0.3 is 6.09 Å². The maximum absolute atomic E-state index is 13.3. The van der Waals surface area contributed by atoms with E-state index in [9.17, 15) is 14.9 Å². The molecule has 1 aliphatic carbocycles. The molecule has 8 nitrogen and oxygen atoms in total. The van der Waals surface area contributed by atoms with Gasteiger partial charge in [0.05, 0.1) is 18.8 Å². The van der Waals surface area contributed by atoms with Crippen molar-refractivity contribution in [2.75, 3.05) is 13.2 Å². The molecule has 8 heteroatoms. The maximum atomic E-state index is 13.3. The summed E-state index contributed by atoms with van der Waals surface area (Å²) in [5.74, 6) is -0.0653. The molecule has 1 atom stereocenters. The molecular weight excluding hydrogens is 432 g/mol. The lowest BCUT2D eigenvalue weighted by atomic mass is 9.87. The van der Waals surface area contributed by atoms with Gasteiger partial charge in [-0.25, -0.2) is 4.79 Å². The molecule has 0 saturated heterocycles. The Kier molecular flexibility index (Phi) is 10.1. The molecule has 1 unspecified atom stereocenters. The highest BCUT2D eigenvalue weighted by molar-refractivity contribution is 6.07. The lowest BCUT2D eigenvalue weighted by Crippen LogP contribution is -2.50. The molecule has 2 amide bonds. The molecule has 186 valence electrons. The molecule has 2 rings (SSSR count). The molecule has 1 aromatic carbocycles. The SMILES string of the molecule is CC(C)OCCOC(=O)N/C(=N\C(CC(C)(C)C)C(=O)NC1(C#N)CCCC1)c1ccccc1. The third kappa shape index (κ3) is 9.14. The number of alkyl carbamates (subject to hydrolysis) is 1. The van der Waals surface area contributed by atoms with Crippen LogP contribution >= 0.6 is 0 Å². The number of rotatable bonds is 9. The van der Waals surface area contributed by atoms with Gasteiger partial charge in [0.2, 0.25) is 5.91 Å². The van der Waals surface area contributed by atoms with Crippen LogP contribution in [-0.4, -0.2) is 48.7 Å². The van der Waals surface area contributed by atoms with Crippen LogP contribution in [0, 0.1) is 16.7 Å². The Morgan fingerprint density at radius 1 is 1.15 bits per heavy atom. The van der Waals surface area contributed by atoms with E-state index in [1.807, 2.05) is 52.8 Å². The van der Waals surface area contributed by atoms with E-state index in [0.717, 1.165) is 12.8 Å². The second-order valence-electron chi connectivity index (χ2n) is 10.2. The van der Waals surface area contributed by atoms with Crippen LogP contribution < -0.4 is 10.6 Å². The fraction of sp³-hybridized carbons (Fsp3) is 0.615. The molecule has 0 bridgehead atoms. The van der Waals surface area contributed by atoms with Gasteiger partial charge in [0.15, 0.2) is 0 Å². The van der Waals surface area contributed by atoms with Gasteiger partial charge in [0.1, 0.15) is 24.0 Å². The Labute approximate surface area is 203 Å². The molecule has 2 N–H and O–H groups in total. The van der Waals surface area contributed by atoms with Crippen LogP contribution in [0.5, 0.6) is 0 Å². The largest absolute Gasteiger partial charge is 0.447 e. The molecule has 0 aliphatic heterocycles. The summed E-state index contributed by atoms with van der Waals surface area (Å²) in [5, 5.41) is 15.4. The van der Waals surface area contributed by atoms with E-state index in [0.29, 0.717) is 24.8 Å². The zero-order valence-corrected chi connectivity index (χ0v) is 21.0. The molecular formula is C26H38N4O4. The van der Waals surface area contributed by atoms with E-state index in [2.05, 4.69) is 21.7 Å². The standard InChI is InChI=1S/C26H38N4O4/c1-19(2)33-15-16-34-24(32)29-22(20-11-7-6-8-12-20)28-21(17-25(3,4)5)23(31)30-26(18-27)13-9-10-14-26/h6-8,11-12,19,21H,9-10,13-17H2,1-5H3,(H,30,31)(H,28,29,32). The van der Waals surface area contributed by atoms with Crippen LogP contribution in [0.1, 0.15) is 72.3 Å². The van der Waals surface area contributed by atoms with E-state index < -0.39 is 17.7 Å². The van der Waals surface area contributed by atoms with Crippen LogP contribution in [0.15, 0.2) is 35.3 Å². The number of amides is 2. The fourth-order valence-corrected chi connectivity index (χ4v) is 3.82. The summed E-state index contributed by atoms with van der Waals surface area (Å²) in [5.41, 5.74) is -0.406. The first-order valence-electron chi connectivity index (χ1n) is 12.0. The quantitative estimate of drug-likeness (QED) is 0.317. The van der Waals surface area contributed by atoms with Gasteiger partial charge in [-0.1, -0.05) is 51.1 Å². The predicted molar refractivity (Wildman–Crippen MR) is 131 cm³/mol. The first-order chi connectivity index (χ1) is 16.0. The number of hydrogen-bond acceptors (Lipinski definition) is 6. The highest BCUT2D eigenvalue weighted by Gasteiger charge is 2.38. The van der Waals surface area contributed by atoms with Crippen molar-refractivity contribution in [3.63, 3.8) is 0 Å². The number of ether oxygens (including phenoxy) is 2. The van der Waals surface area contributed by atoms with Crippen molar-refractivity contribution in [1.29, 1.82) is 5.26 Å². The average molecular weight is 471 g/mol. The summed E-state index contributed by atoms with van der Waals surface area (Å²) in [4.78, 5) is 30.5. The van der Waals surface area contributed by atoms with Crippen molar-refractivity contribution in [3.8, 4) is 6.07 Å². The lowest BCUT2D eigenvalue weighted by molar-refractivity contribution is -0.124. The third-order valence-electron chi connectivity index (χ3n) is 5.46. The topological polar surface area (TPSA) is 113 Å². The third-order valence-corrected chi connectivity index (χ3v) is 5.46. The smallest absolute Gasteiger partial charge is 0.412 e. The normalized spacial score (nSPS) is 16.6. The predicted octanol–water partition coefficient (Wildman–Crippen LogP) is 4.34. The average Bonchev–Trinajstić information content (AvgIpc) is 3.24. The first-order valence-corrected chi connectivity index (χ1v) is 12.0. The van der Waals surface area contributed by atoms with Gasteiger partial charge in [-0.3, -0.25) is 15.1 Å².